The predicted octanol–water partition coefficient (Wildman–Crippen LogP) is 7.49. The highest BCUT2D eigenvalue weighted by Crippen LogP contribution is 2.41. The smallest absolute Gasteiger partial charge is 0.416 e. The summed E-state index contributed by atoms with van der Waals surface area (Å²) in [5.74, 6) is 0.792. The van der Waals surface area contributed by atoms with E-state index >= 15 is 0 Å². The topological polar surface area (TPSA) is 60.7 Å². The summed E-state index contributed by atoms with van der Waals surface area (Å²) in [7, 11) is 3.14. The van der Waals surface area contributed by atoms with Crippen LogP contribution < -0.4 is 14.8 Å². The van der Waals surface area contributed by atoms with Crippen molar-refractivity contribution in [2.45, 2.75) is 20.0 Å². The highest BCUT2D eigenvalue weighted by atomic mass is 19.4. The van der Waals surface area contributed by atoms with Crippen LogP contribution in [-0.4, -0.2) is 20.1 Å². The van der Waals surface area contributed by atoms with Gasteiger partial charge in [0.05, 0.1) is 26.0 Å². The van der Waals surface area contributed by atoms with Crippen LogP contribution >= 0.6 is 0 Å². The molecule has 0 aliphatic carbocycles. The molecule has 0 unspecified atom stereocenters. The maximum Gasteiger partial charge on any atom is 0.416 e. The van der Waals surface area contributed by atoms with Gasteiger partial charge in [0, 0.05) is 33.8 Å². The molecule has 5 nitrogen and oxygen atoms in total. The Balaban J connectivity index is 1.69. The predicted molar refractivity (Wildman–Crippen MR) is 133 cm³/mol. The number of rotatable bonds is 6. The number of halogens is 3. The first-order valence-corrected chi connectivity index (χ1v) is 11.0. The lowest BCUT2D eigenvalue weighted by Crippen LogP contribution is -2.10. The van der Waals surface area contributed by atoms with Gasteiger partial charge >= 0.3 is 6.18 Å². The molecule has 8 heteroatoms. The van der Waals surface area contributed by atoms with E-state index in [0.717, 1.165) is 34.2 Å². The Morgan fingerprint density at radius 1 is 1.03 bits per heavy atom. The number of methoxy groups -OCH3 is 2. The van der Waals surface area contributed by atoms with Gasteiger partial charge in [0.2, 0.25) is 5.91 Å². The zero-order valence-corrected chi connectivity index (χ0v) is 20.1. The minimum absolute atomic E-state index is 0.255. The van der Waals surface area contributed by atoms with Crippen LogP contribution in [0.25, 0.3) is 27.7 Å². The van der Waals surface area contributed by atoms with Gasteiger partial charge in [0.25, 0.3) is 0 Å². The fourth-order valence-electron chi connectivity index (χ4n) is 4.08. The molecule has 0 radical (unpaired) electrons. The van der Waals surface area contributed by atoms with Crippen molar-refractivity contribution in [1.82, 2.24) is 0 Å². The Hall–Kier alpha value is -4.20. The number of aryl methyl sites for hydroxylation is 1. The zero-order chi connectivity index (χ0) is 26.0. The molecule has 36 heavy (non-hydrogen) atoms. The van der Waals surface area contributed by atoms with Gasteiger partial charge in [-0.1, -0.05) is 12.1 Å². The van der Waals surface area contributed by atoms with Crippen LogP contribution in [0, 0.1) is 6.92 Å². The van der Waals surface area contributed by atoms with E-state index in [1.807, 2.05) is 37.3 Å². The Labute approximate surface area is 206 Å². The molecule has 0 bridgehead atoms. The van der Waals surface area contributed by atoms with E-state index in [1.54, 1.807) is 27.4 Å². The molecule has 1 N–H and O–H groups in total. The van der Waals surface area contributed by atoms with E-state index in [0.29, 0.717) is 28.2 Å². The van der Waals surface area contributed by atoms with Crippen molar-refractivity contribution in [3.63, 3.8) is 0 Å². The van der Waals surface area contributed by atoms with Crippen LogP contribution in [0.4, 0.5) is 18.9 Å². The fourth-order valence-corrected chi connectivity index (χ4v) is 4.08. The van der Waals surface area contributed by atoms with Crippen molar-refractivity contribution in [2.75, 3.05) is 19.5 Å². The number of hydrogen-bond acceptors (Lipinski definition) is 4. The van der Waals surface area contributed by atoms with Crippen LogP contribution in [0.3, 0.4) is 0 Å². The SMILES string of the molecule is COc1cccc(-c2coc3c(C)c(OC)c(/C(C)=C/C(=O)Nc4ccc(C(F)(F)F)cc4)cc23)c1. The number of carbonyl (C=O) groups excluding carboxylic acids is 1. The Kier molecular flexibility index (Phi) is 6.79. The third kappa shape index (κ3) is 4.93. The first-order chi connectivity index (χ1) is 17.1. The lowest BCUT2D eigenvalue weighted by molar-refractivity contribution is -0.137. The van der Waals surface area contributed by atoms with Gasteiger partial charge < -0.3 is 19.2 Å². The number of hydrogen-bond donors (Lipinski definition) is 1. The number of fused-ring (bicyclic) bond motifs is 1. The summed E-state index contributed by atoms with van der Waals surface area (Å²) >= 11 is 0. The zero-order valence-electron chi connectivity index (χ0n) is 20.1. The first kappa shape index (κ1) is 24.9. The Morgan fingerprint density at radius 3 is 2.39 bits per heavy atom. The monoisotopic (exact) mass is 495 g/mol. The lowest BCUT2D eigenvalue weighted by atomic mass is 9.96. The number of amides is 1. The number of anilines is 1. The minimum atomic E-state index is -4.44. The van der Waals surface area contributed by atoms with Gasteiger partial charge in [-0.25, -0.2) is 0 Å². The molecule has 0 saturated heterocycles. The maximum absolute atomic E-state index is 12.8. The molecule has 0 aliphatic rings. The number of carbonyl (C=O) groups is 1. The second kappa shape index (κ2) is 9.81. The summed E-state index contributed by atoms with van der Waals surface area (Å²) in [6.07, 6.45) is -1.39. The molecule has 1 amide bonds. The summed E-state index contributed by atoms with van der Waals surface area (Å²) in [5, 5.41) is 3.44. The second-order valence-electron chi connectivity index (χ2n) is 8.23. The molecule has 186 valence electrons. The molecule has 0 fully saturated rings. The molecule has 0 aliphatic heterocycles. The van der Waals surface area contributed by atoms with Crippen molar-refractivity contribution >= 4 is 28.1 Å². The first-order valence-electron chi connectivity index (χ1n) is 11.0. The van der Waals surface area contributed by atoms with Crippen molar-refractivity contribution < 1.29 is 31.9 Å². The van der Waals surface area contributed by atoms with Crippen molar-refractivity contribution in [2.24, 2.45) is 0 Å². The van der Waals surface area contributed by atoms with Crippen molar-refractivity contribution in [3.8, 4) is 22.6 Å². The van der Waals surface area contributed by atoms with Gasteiger partial charge in [0.15, 0.2) is 0 Å². The number of alkyl halides is 3. The van der Waals surface area contributed by atoms with Gasteiger partial charge in [0.1, 0.15) is 17.1 Å². The van der Waals surface area contributed by atoms with Gasteiger partial charge in [-0.2, -0.15) is 13.2 Å². The normalized spacial score (nSPS) is 12.0. The minimum Gasteiger partial charge on any atom is -0.497 e. The number of ether oxygens (including phenoxy) is 2. The Morgan fingerprint density at radius 2 is 1.75 bits per heavy atom. The van der Waals surface area contributed by atoms with E-state index in [2.05, 4.69) is 5.32 Å². The summed E-state index contributed by atoms with van der Waals surface area (Å²) in [6.45, 7) is 3.64. The van der Waals surface area contributed by atoms with Crippen LogP contribution in [0.5, 0.6) is 11.5 Å². The quantitative estimate of drug-likeness (QED) is 0.282. The molecule has 1 heterocycles. The van der Waals surface area contributed by atoms with E-state index in [4.69, 9.17) is 13.9 Å². The van der Waals surface area contributed by atoms with E-state index < -0.39 is 17.6 Å². The van der Waals surface area contributed by atoms with Gasteiger partial charge in [-0.3, -0.25) is 4.79 Å². The van der Waals surface area contributed by atoms with Crippen LogP contribution in [0.1, 0.15) is 23.6 Å². The number of allylic oxidation sites excluding steroid dienone is 1. The summed E-state index contributed by atoms with van der Waals surface area (Å²) < 4.78 is 55.2. The molecule has 1 aromatic heterocycles. The molecule has 3 aromatic carbocycles. The third-order valence-corrected chi connectivity index (χ3v) is 5.88. The maximum atomic E-state index is 12.8. The van der Waals surface area contributed by atoms with Crippen molar-refractivity contribution in [1.29, 1.82) is 0 Å². The van der Waals surface area contributed by atoms with E-state index in [9.17, 15) is 18.0 Å². The molecular weight excluding hydrogens is 471 g/mol. The molecular formula is C28H24F3NO4. The average molecular weight is 495 g/mol. The summed E-state index contributed by atoms with van der Waals surface area (Å²) in [5.41, 5.74) is 3.97. The molecule has 4 aromatic rings. The largest absolute Gasteiger partial charge is 0.497 e. The second-order valence-corrected chi connectivity index (χ2v) is 8.23. The Bertz CT molecular complexity index is 1450. The number of furan rings is 1. The lowest BCUT2D eigenvalue weighted by Gasteiger charge is -2.13. The molecule has 0 atom stereocenters. The van der Waals surface area contributed by atoms with Crippen LogP contribution in [-0.2, 0) is 11.0 Å². The highest BCUT2D eigenvalue weighted by Gasteiger charge is 2.30. The standard InChI is InChI=1S/C28H24F3NO4/c1-16(12-25(33)32-20-10-8-19(9-11-20)28(29,30)31)22-14-23-24(18-6-5-7-21(13-18)34-3)15-36-27(23)17(2)26(22)35-4/h5-15H,1-4H3,(H,32,33)/b16-12+. The number of nitrogens with one attached hydrogen (secondary N) is 1. The fraction of sp³-hybridized carbons (Fsp3) is 0.179. The van der Waals surface area contributed by atoms with E-state index in [1.165, 1.54) is 18.2 Å². The highest BCUT2D eigenvalue weighted by molar-refractivity contribution is 6.06. The van der Waals surface area contributed by atoms with Crippen LogP contribution in [0.15, 0.2) is 71.4 Å². The molecule has 0 spiro atoms. The van der Waals surface area contributed by atoms with Crippen molar-refractivity contribution in [3.05, 3.63) is 83.6 Å². The molecule has 4 rings (SSSR count). The molecule has 0 saturated carbocycles. The van der Waals surface area contributed by atoms with Gasteiger partial charge in [-0.05, 0) is 67.4 Å². The van der Waals surface area contributed by atoms with E-state index in [-0.39, 0.29) is 5.69 Å². The van der Waals surface area contributed by atoms with Gasteiger partial charge in [-0.15, -0.1) is 0 Å². The van der Waals surface area contributed by atoms with Crippen LogP contribution in [0.2, 0.25) is 0 Å². The summed E-state index contributed by atoms with van der Waals surface area (Å²) in [4.78, 5) is 12.7. The third-order valence-electron chi connectivity index (χ3n) is 5.88. The average Bonchev–Trinajstić information content (AvgIpc) is 3.28. The number of benzene rings is 3. The summed E-state index contributed by atoms with van der Waals surface area (Å²) in [6, 6.07) is 13.8.